The van der Waals surface area contributed by atoms with Gasteiger partial charge in [-0.25, -0.2) is 8.42 Å². The van der Waals surface area contributed by atoms with E-state index >= 15 is 0 Å². The molecule has 0 spiro atoms. The Kier molecular flexibility index (Phi) is 1.76. The lowest BCUT2D eigenvalue weighted by Crippen LogP contribution is -2.39. The standard InChI is InChI=1S/C6H12O3S/c1-6(7)3-2-4-10(8,9)5-6/h7H,2-5H2,1H3. The second-order valence-corrected chi connectivity index (χ2v) is 5.38. The van der Waals surface area contributed by atoms with Gasteiger partial charge in [0, 0.05) is 0 Å². The van der Waals surface area contributed by atoms with Crippen molar-refractivity contribution in [3.8, 4) is 0 Å². The number of aliphatic hydroxyl groups is 1. The lowest BCUT2D eigenvalue weighted by molar-refractivity contribution is 0.0698. The minimum atomic E-state index is -2.94. The minimum Gasteiger partial charge on any atom is -0.389 e. The first-order valence-corrected chi connectivity index (χ1v) is 5.16. The SMILES string of the molecule is CC1(O)CCCS(=O)(=O)C1. The Bertz CT molecular complexity index is 215. The van der Waals surface area contributed by atoms with Gasteiger partial charge in [0.15, 0.2) is 9.84 Å². The van der Waals surface area contributed by atoms with Crippen LogP contribution in [0.4, 0.5) is 0 Å². The predicted molar refractivity (Wildman–Crippen MR) is 38.5 cm³/mol. The quantitative estimate of drug-likeness (QED) is 0.546. The van der Waals surface area contributed by atoms with E-state index in [1.54, 1.807) is 6.92 Å². The van der Waals surface area contributed by atoms with E-state index < -0.39 is 15.4 Å². The molecule has 1 aliphatic rings. The van der Waals surface area contributed by atoms with Crippen LogP contribution in [0.2, 0.25) is 0 Å². The molecular weight excluding hydrogens is 152 g/mol. The largest absolute Gasteiger partial charge is 0.389 e. The molecule has 1 heterocycles. The van der Waals surface area contributed by atoms with Crippen LogP contribution in [0.15, 0.2) is 0 Å². The maximum atomic E-state index is 10.9. The second kappa shape index (κ2) is 2.20. The number of rotatable bonds is 0. The molecule has 4 heteroatoms. The van der Waals surface area contributed by atoms with E-state index in [0.29, 0.717) is 12.8 Å². The van der Waals surface area contributed by atoms with E-state index in [0.717, 1.165) is 0 Å². The van der Waals surface area contributed by atoms with Gasteiger partial charge < -0.3 is 5.11 Å². The van der Waals surface area contributed by atoms with E-state index in [1.165, 1.54) is 0 Å². The van der Waals surface area contributed by atoms with Gasteiger partial charge in [-0.05, 0) is 19.8 Å². The van der Waals surface area contributed by atoms with E-state index in [4.69, 9.17) is 0 Å². The highest BCUT2D eigenvalue weighted by Crippen LogP contribution is 2.21. The Morgan fingerprint density at radius 2 is 2.10 bits per heavy atom. The molecule has 3 nitrogen and oxygen atoms in total. The van der Waals surface area contributed by atoms with Crippen LogP contribution >= 0.6 is 0 Å². The fourth-order valence-electron chi connectivity index (χ4n) is 1.29. The fourth-order valence-corrected chi connectivity index (χ4v) is 3.11. The van der Waals surface area contributed by atoms with E-state index in [9.17, 15) is 13.5 Å². The minimum absolute atomic E-state index is 0.0694. The summed E-state index contributed by atoms with van der Waals surface area (Å²) in [7, 11) is -2.94. The summed E-state index contributed by atoms with van der Waals surface area (Å²) in [6.07, 6.45) is 1.20. The van der Waals surface area contributed by atoms with Crippen molar-refractivity contribution in [2.75, 3.05) is 11.5 Å². The lowest BCUT2D eigenvalue weighted by Gasteiger charge is -2.27. The van der Waals surface area contributed by atoms with Crippen LogP contribution in [0.25, 0.3) is 0 Å². The van der Waals surface area contributed by atoms with Crippen LogP contribution in [0.3, 0.4) is 0 Å². The molecule has 0 aromatic rings. The molecule has 1 saturated heterocycles. The van der Waals surface area contributed by atoms with Gasteiger partial charge in [0.1, 0.15) is 0 Å². The van der Waals surface area contributed by atoms with Crippen molar-refractivity contribution in [2.24, 2.45) is 0 Å². The Labute approximate surface area is 61.0 Å². The third-order valence-corrected chi connectivity index (χ3v) is 3.67. The maximum absolute atomic E-state index is 10.9. The monoisotopic (exact) mass is 164 g/mol. The zero-order chi connectivity index (χ0) is 7.83. The molecule has 60 valence electrons. The highest BCUT2D eigenvalue weighted by molar-refractivity contribution is 7.91. The van der Waals surface area contributed by atoms with Gasteiger partial charge in [-0.15, -0.1) is 0 Å². The zero-order valence-corrected chi connectivity index (χ0v) is 6.82. The average Bonchev–Trinajstić information content (AvgIpc) is 1.56. The number of hydrogen-bond donors (Lipinski definition) is 1. The number of sulfone groups is 1. The summed E-state index contributed by atoms with van der Waals surface area (Å²) in [5, 5.41) is 9.33. The summed E-state index contributed by atoms with van der Waals surface area (Å²) in [5.74, 6) is 0.170. The van der Waals surface area contributed by atoms with Crippen molar-refractivity contribution < 1.29 is 13.5 Å². The average molecular weight is 164 g/mol. The molecule has 1 rings (SSSR count). The van der Waals surface area contributed by atoms with E-state index in [-0.39, 0.29) is 11.5 Å². The molecule has 0 aromatic carbocycles. The van der Waals surface area contributed by atoms with Crippen LogP contribution in [0.5, 0.6) is 0 Å². The molecule has 0 aromatic heterocycles. The Morgan fingerprint density at radius 1 is 1.50 bits per heavy atom. The van der Waals surface area contributed by atoms with Crippen molar-refractivity contribution in [1.29, 1.82) is 0 Å². The first-order valence-electron chi connectivity index (χ1n) is 3.34. The van der Waals surface area contributed by atoms with Crippen molar-refractivity contribution in [3.63, 3.8) is 0 Å². The molecule has 0 aliphatic carbocycles. The third kappa shape index (κ3) is 1.95. The van der Waals surface area contributed by atoms with Crippen molar-refractivity contribution in [2.45, 2.75) is 25.4 Å². The molecule has 1 N–H and O–H groups in total. The molecule has 0 saturated carbocycles. The van der Waals surface area contributed by atoms with Crippen LogP contribution in [0.1, 0.15) is 19.8 Å². The van der Waals surface area contributed by atoms with Gasteiger partial charge in [-0.3, -0.25) is 0 Å². The molecule has 0 radical (unpaired) electrons. The normalized spacial score (nSPS) is 39.4. The molecular formula is C6H12O3S. The number of hydrogen-bond acceptors (Lipinski definition) is 3. The lowest BCUT2D eigenvalue weighted by atomic mass is 10.0. The van der Waals surface area contributed by atoms with Gasteiger partial charge in [0.05, 0.1) is 17.1 Å². The molecule has 10 heavy (non-hydrogen) atoms. The second-order valence-electron chi connectivity index (χ2n) is 3.19. The van der Waals surface area contributed by atoms with E-state index in [1.807, 2.05) is 0 Å². The third-order valence-electron chi connectivity index (χ3n) is 1.70. The zero-order valence-electron chi connectivity index (χ0n) is 6.00. The smallest absolute Gasteiger partial charge is 0.153 e. The Balaban J connectivity index is 2.75. The summed E-state index contributed by atoms with van der Waals surface area (Å²) >= 11 is 0. The Hall–Kier alpha value is -0.0900. The summed E-state index contributed by atoms with van der Waals surface area (Å²) in [6, 6.07) is 0. The highest BCUT2D eigenvalue weighted by atomic mass is 32.2. The van der Waals surface area contributed by atoms with Gasteiger partial charge in [-0.2, -0.15) is 0 Å². The van der Waals surface area contributed by atoms with E-state index in [2.05, 4.69) is 0 Å². The summed E-state index contributed by atoms with van der Waals surface area (Å²) < 4.78 is 21.8. The van der Waals surface area contributed by atoms with Crippen molar-refractivity contribution in [1.82, 2.24) is 0 Å². The van der Waals surface area contributed by atoms with Crippen LogP contribution in [-0.2, 0) is 9.84 Å². The van der Waals surface area contributed by atoms with Crippen LogP contribution in [0, 0.1) is 0 Å². The molecule has 0 bridgehead atoms. The molecule has 0 amide bonds. The first kappa shape index (κ1) is 8.01. The Morgan fingerprint density at radius 3 is 2.40 bits per heavy atom. The highest BCUT2D eigenvalue weighted by Gasteiger charge is 2.32. The summed E-state index contributed by atoms with van der Waals surface area (Å²) in [6.45, 7) is 1.57. The van der Waals surface area contributed by atoms with Crippen LogP contribution < -0.4 is 0 Å². The molecule has 1 fully saturated rings. The van der Waals surface area contributed by atoms with Crippen molar-refractivity contribution in [3.05, 3.63) is 0 Å². The predicted octanol–water partition coefficient (Wildman–Crippen LogP) is -0.0540. The van der Waals surface area contributed by atoms with Gasteiger partial charge in [0.25, 0.3) is 0 Å². The fraction of sp³-hybridized carbons (Fsp3) is 1.00. The van der Waals surface area contributed by atoms with Gasteiger partial charge >= 0.3 is 0 Å². The molecule has 1 unspecified atom stereocenters. The first-order chi connectivity index (χ1) is 4.41. The molecule has 1 aliphatic heterocycles. The van der Waals surface area contributed by atoms with Crippen LogP contribution in [-0.4, -0.2) is 30.6 Å². The van der Waals surface area contributed by atoms with Gasteiger partial charge in [-0.1, -0.05) is 0 Å². The summed E-state index contributed by atoms with van der Waals surface area (Å²) in [4.78, 5) is 0. The maximum Gasteiger partial charge on any atom is 0.153 e. The topological polar surface area (TPSA) is 54.4 Å². The molecule has 1 atom stereocenters. The summed E-state index contributed by atoms with van der Waals surface area (Å²) in [5.41, 5.74) is -0.975. The van der Waals surface area contributed by atoms with Crippen molar-refractivity contribution >= 4 is 9.84 Å². The van der Waals surface area contributed by atoms with Gasteiger partial charge in [0.2, 0.25) is 0 Å².